The normalized spacial score (nSPS) is 15.4. The number of benzene rings is 6. The molecule has 8 aromatic rings. The van der Waals surface area contributed by atoms with Crippen molar-refractivity contribution in [3.05, 3.63) is 172 Å². The van der Waals surface area contributed by atoms with Gasteiger partial charge in [-0.2, -0.15) is 12.1 Å². The number of rotatable bonds is 6. The van der Waals surface area contributed by atoms with Crippen LogP contribution >= 0.6 is 24.8 Å². The third-order valence-electron chi connectivity index (χ3n) is 13.7. The molecule has 62 heavy (non-hydrogen) atoms. The van der Waals surface area contributed by atoms with Crippen LogP contribution in [0.15, 0.2) is 146 Å². The number of hydrogen-bond acceptors (Lipinski definition) is 0. The average Bonchev–Trinajstić information content (AvgIpc) is 3.71. The summed E-state index contributed by atoms with van der Waals surface area (Å²) in [5, 5.41) is 10.9. The Bertz CT molecular complexity index is 2420. The van der Waals surface area contributed by atoms with E-state index >= 15 is 0 Å². The van der Waals surface area contributed by atoms with E-state index in [1.165, 1.54) is 190 Å². The van der Waals surface area contributed by atoms with Crippen LogP contribution in [-0.4, -0.2) is 6.88 Å². The fraction of sp³-hybridized carbons (Fsp3) is 0.310. The number of fused-ring (bicyclic) bond motifs is 4. The second kappa shape index (κ2) is 23.6. The average molecular weight is 953 g/mol. The minimum absolute atomic E-state index is 0. The standard InChI is InChI=1S/2C28H29.2CH3.2ClH.Si.Zr/c2*1-28(16-6-2-3-7-17-28)20-21-18-23-12-9-15-26(27(23)19-21)25-14-8-11-22-10-4-5-13-24(22)25;;;;;;/h2*4-5,8-15,18-19H,2-3,6-7,16-17,20H2,1H3;2*1H3;2*1H;;/q4*-1;;;;. The maximum absolute atomic E-state index is 3.06. The molecule has 2 aliphatic carbocycles. The molecule has 0 aromatic heterocycles. The molecule has 2 aliphatic rings. The van der Waals surface area contributed by atoms with Gasteiger partial charge in [0, 0.05) is 0 Å². The molecule has 0 nitrogen and oxygen atoms in total. The van der Waals surface area contributed by atoms with Crippen LogP contribution in [-0.2, 0) is 36.2 Å². The summed E-state index contributed by atoms with van der Waals surface area (Å²) in [4.78, 5) is 0. The van der Waals surface area contributed by atoms with Crippen molar-refractivity contribution in [1.82, 2.24) is 0 Å². The Morgan fingerprint density at radius 2 is 0.726 bits per heavy atom. The summed E-state index contributed by atoms with van der Waals surface area (Å²) in [5.74, 6) is 0. The van der Waals surface area contributed by atoms with E-state index < -0.39 is 0 Å². The minimum atomic E-state index is 0. The van der Waals surface area contributed by atoms with Crippen LogP contribution in [0, 0.1) is 25.7 Å². The van der Waals surface area contributed by atoms with Crippen LogP contribution in [0.25, 0.3) is 65.3 Å². The summed E-state index contributed by atoms with van der Waals surface area (Å²) in [6.45, 7) is 8.09. The first kappa shape index (κ1) is 51.4. The Kier molecular flexibility index (Phi) is 19.6. The Hall–Kier alpha value is -3.26. The van der Waals surface area contributed by atoms with Crippen molar-refractivity contribution in [2.24, 2.45) is 10.8 Å². The monoisotopic (exact) mass is 950 g/mol. The predicted octanol–water partition coefficient (Wildman–Crippen LogP) is 17.9. The van der Waals surface area contributed by atoms with E-state index in [0.717, 1.165) is 0 Å². The van der Waals surface area contributed by atoms with Gasteiger partial charge in [0.25, 0.3) is 0 Å². The molecule has 0 heterocycles. The molecule has 0 amide bonds. The molecule has 0 bridgehead atoms. The molecule has 10 rings (SSSR count). The summed E-state index contributed by atoms with van der Waals surface area (Å²) in [6, 6.07) is 54.2. The topological polar surface area (TPSA) is 0 Å². The molecule has 0 unspecified atom stereocenters. The van der Waals surface area contributed by atoms with Crippen LogP contribution < -0.4 is 0 Å². The van der Waals surface area contributed by atoms with Crippen LogP contribution in [0.5, 0.6) is 0 Å². The van der Waals surface area contributed by atoms with Gasteiger partial charge < -0.3 is 14.9 Å². The van der Waals surface area contributed by atoms with Gasteiger partial charge >= 0.3 is 30.2 Å². The molecule has 2 saturated carbocycles. The van der Waals surface area contributed by atoms with E-state index in [1.807, 2.05) is 0 Å². The summed E-state index contributed by atoms with van der Waals surface area (Å²) < 4.78 is 0. The van der Waals surface area contributed by atoms with Gasteiger partial charge in [-0.25, -0.2) is 0 Å². The summed E-state index contributed by atoms with van der Waals surface area (Å²) in [6.07, 6.45) is 19.2. The van der Waals surface area contributed by atoms with Gasteiger partial charge in [0.1, 0.15) is 0 Å². The van der Waals surface area contributed by atoms with Gasteiger partial charge in [0.05, 0.1) is 0 Å². The van der Waals surface area contributed by atoms with Gasteiger partial charge in [0.2, 0.25) is 0 Å². The molecule has 0 saturated heterocycles. The molecule has 0 spiro atoms. The first-order valence-electron chi connectivity index (χ1n) is 22.0. The Labute approximate surface area is 403 Å². The SMILES string of the molecule is CC1(Cc2cc3c(-c4cccc5ccccc45)cccc3[cH-]2)CCCCCC1.CC1(Cc2cc3c(-c4cccc5ccccc45)cccc3[cH-]2)CCCCCC1.Cl.Cl.[CH3-].[CH3-].[Si]=[Zr]. The molecule has 0 aliphatic heterocycles. The molecular formula is C58H66Cl2SiZr-4. The van der Waals surface area contributed by atoms with E-state index in [2.05, 4.69) is 166 Å². The van der Waals surface area contributed by atoms with Gasteiger partial charge in [-0.05, 0) is 82.0 Å². The number of halogens is 2. The fourth-order valence-corrected chi connectivity index (χ4v) is 10.7. The van der Waals surface area contributed by atoms with Crippen LogP contribution in [0.1, 0.15) is 102 Å². The first-order valence-corrected chi connectivity index (χ1v) is 26.2. The second-order valence-corrected chi connectivity index (χ2v) is 18.2. The first-order chi connectivity index (χ1) is 28.4. The fourth-order valence-electron chi connectivity index (χ4n) is 10.7. The summed E-state index contributed by atoms with van der Waals surface area (Å²) in [5.41, 5.74) is 9.42. The third-order valence-corrected chi connectivity index (χ3v) is 13.7. The van der Waals surface area contributed by atoms with Crippen molar-refractivity contribution in [1.29, 1.82) is 0 Å². The van der Waals surface area contributed by atoms with Crippen molar-refractivity contribution in [3.8, 4) is 22.3 Å². The molecule has 8 aromatic carbocycles. The molecular weight excluding hydrogens is 887 g/mol. The second-order valence-electron chi connectivity index (χ2n) is 18.2. The van der Waals surface area contributed by atoms with Crippen molar-refractivity contribution in [3.63, 3.8) is 0 Å². The zero-order valence-electron chi connectivity index (χ0n) is 37.6. The van der Waals surface area contributed by atoms with E-state index in [1.54, 1.807) is 0 Å². The van der Waals surface area contributed by atoms with E-state index in [0.29, 0.717) is 10.8 Å². The molecule has 0 atom stereocenters. The summed E-state index contributed by atoms with van der Waals surface area (Å²) >= 11 is 1.36. The van der Waals surface area contributed by atoms with Crippen LogP contribution in [0.2, 0.25) is 0 Å². The Morgan fingerprint density at radius 1 is 0.419 bits per heavy atom. The van der Waals surface area contributed by atoms with Gasteiger partial charge in [-0.3, -0.25) is 0 Å². The van der Waals surface area contributed by atoms with Crippen molar-refractivity contribution in [2.45, 2.75) is 104 Å². The van der Waals surface area contributed by atoms with Crippen molar-refractivity contribution in [2.75, 3.05) is 0 Å². The zero-order chi connectivity index (χ0) is 40.0. The predicted molar refractivity (Wildman–Crippen MR) is 277 cm³/mol. The third kappa shape index (κ3) is 11.7. The molecule has 0 N–H and O–H groups in total. The molecule has 2 fully saturated rings. The van der Waals surface area contributed by atoms with E-state index in [-0.39, 0.29) is 39.7 Å². The zero-order valence-corrected chi connectivity index (χ0v) is 42.7. The van der Waals surface area contributed by atoms with Gasteiger partial charge in [-0.15, -0.1) is 93.9 Å². The van der Waals surface area contributed by atoms with Crippen molar-refractivity contribution < 1.29 is 23.3 Å². The molecule has 2 radical (unpaired) electrons. The van der Waals surface area contributed by atoms with E-state index in [9.17, 15) is 0 Å². The number of hydrogen-bond donors (Lipinski definition) is 0. The van der Waals surface area contributed by atoms with Gasteiger partial charge in [-0.1, -0.05) is 173 Å². The summed E-state index contributed by atoms with van der Waals surface area (Å²) in [7, 11) is 0. The quantitative estimate of drug-likeness (QED) is 0.0885. The Balaban J connectivity index is 0.000000247. The molecule has 4 heteroatoms. The van der Waals surface area contributed by atoms with Gasteiger partial charge in [0.15, 0.2) is 0 Å². The van der Waals surface area contributed by atoms with Crippen LogP contribution in [0.4, 0.5) is 0 Å². The van der Waals surface area contributed by atoms with Crippen molar-refractivity contribution >= 4 is 74.8 Å². The van der Waals surface area contributed by atoms with E-state index in [4.69, 9.17) is 0 Å². The molecule has 324 valence electrons. The maximum atomic E-state index is 3.06. The Morgan fingerprint density at radius 3 is 1.10 bits per heavy atom. The van der Waals surface area contributed by atoms with Crippen LogP contribution in [0.3, 0.4) is 0 Å².